The molecule has 2 rings (SSSR count). The van der Waals surface area contributed by atoms with Crippen LogP contribution in [0.25, 0.3) is 0 Å². The summed E-state index contributed by atoms with van der Waals surface area (Å²) in [6, 6.07) is -0.194. The van der Waals surface area contributed by atoms with Gasteiger partial charge in [-0.25, -0.2) is 4.98 Å². The van der Waals surface area contributed by atoms with Crippen molar-refractivity contribution in [2.24, 2.45) is 0 Å². The molecule has 0 bridgehead atoms. The van der Waals surface area contributed by atoms with Crippen molar-refractivity contribution in [3.05, 3.63) is 12.2 Å². The van der Waals surface area contributed by atoms with Gasteiger partial charge < -0.3 is 15.4 Å². The van der Waals surface area contributed by atoms with Gasteiger partial charge in [0.2, 0.25) is 5.91 Å². The van der Waals surface area contributed by atoms with Gasteiger partial charge in [-0.3, -0.25) is 9.89 Å². The van der Waals surface area contributed by atoms with Gasteiger partial charge in [0, 0.05) is 13.1 Å². The van der Waals surface area contributed by atoms with Crippen LogP contribution in [0.5, 0.6) is 0 Å². The van der Waals surface area contributed by atoms with Gasteiger partial charge in [-0.05, 0) is 13.8 Å². The van der Waals surface area contributed by atoms with Gasteiger partial charge in [0.05, 0.1) is 11.6 Å². The highest BCUT2D eigenvalue weighted by molar-refractivity contribution is 5.77. The van der Waals surface area contributed by atoms with E-state index < -0.39 is 0 Å². The summed E-state index contributed by atoms with van der Waals surface area (Å²) in [5, 5.41) is 12.3. The zero-order valence-electron chi connectivity index (χ0n) is 9.99. The number of aromatic nitrogens is 3. The number of nitrogens with one attached hydrogen (secondary N) is 3. The average molecular weight is 239 g/mol. The molecule has 1 aliphatic rings. The van der Waals surface area contributed by atoms with E-state index in [-0.39, 0.29) is 24.2 Å². The number of rotatable bonds is 5. The Balaban J connectivity index is 1.73. The Morgan fingerprint density at radius 3 is 3.00 bits per heavy atom. The van der Waals surface area contributed by atoms with Gasteiger partial charge in [-0.2, -0.15) is 5.10 Å². The molecule has 94 valence electrons. The van der Waals surface area contributed by atoms with Crippen molar-refractivity contribution in [2.75, 3.05) is 19.7 Å². The summed E-state index contributed by atoms with van der Waals surface area (Å²) in [5.74, 6) is 0.483. The Bertz CT molecular complexity index is 374. The normalized spacial score (nSPS) is 19.4. The molecule has 17 heavy (non-hydrogen) atoms. The van der Waals surface area contributed by atoms with Crippen molar-refractivity contribution in [2.45, 2.75) is 25.5 Å². The van der Waals surface area contributed by atoms with E-state index in [1.807, 2.05) is 13.8 Å². The molecule has 1 atom stereocenters. The van der Waals surface area contributed by atoms with Gasteiger partial charge in [0.1, 0.15) is 18.8 Å². The smallest absolute Gasteiger partial charge is 0.246 e. The van der Waals surface area contributed by atoms with E-state index in [0.29, 0.717) is 5.82 Å². The standard InChI is InChI=1S/C10H17N5O2/c1-7(9-12-6-13-15-9)14-8(16)3-17-10(2)4-11-5-10/h6-7,11H,3-5H2,1-2H3,(H,14,16)(H,12,13,15). The van der Waals surface area contributed by atoms with E-state index in [4.69, 9.17) is 4.74 Å². The van der Waals surface area contributed by atoms with E-state index >= 15 is 0 Å². The number of nitrogens with zero attached hydrogens (tertiary/aromatic N) is 2. The molecule has 0 aliphatic carbocycles. The van der Waals surface area contributed by atoms with Crippen LogP contribution in [0.1, 0.15) is 25.7 Å². The van der Waals surface area contributed by atoms with Gasteiger partial charge in [0.25, 0.3) is 0 Å². The van der Waals surface area contributed by atoms with Crippen LogP contribution in [0, 0.1) is 0 Å². The monoisotopic (exact) mass is 239 g/mol. The fourth-order valence-electron chi connectivity index (χ4n) is 1.59. The fourth-order valence-corrected chi connectivity index (χ4v) is 1.59. The Morgan fingerprint density at radius 1 is 1.71 bits per heavy atom. The first kappa shape index (κ1) is 12.0. The lowest BCUT2D eigenvalue weighted by atomic mass is 10.0. The van der Waals surface area contributed by atoms with Crippen molar-refractivity contribution in [1.82, 2.24) is 25.8 Å². The first-order chi connectivity index (χ1) is 8.09. The van der Waals surface area contributed by atoms with Crippen LogP contribution >= 0.6 is 0 Å². The molecule has 1 aromatic rings. The number of hydrogen-bond donors (Lipinski definition) is 3. The summed E-state index contributed by atoms with van der Waals surface area (Å²) in [4.78, 5) is 15.6. The predicted molar refractivity (Wildman–Crippen MR) is 60.2 cm³/mol. The van der Waals surface area contributed by atoms with Gasteiger partial charge >= 0.3 is 0 Å². The van der Waals surface area contributed by atoms with E-state index in [9.17, 15) is 4.79 Å². The number of aromatic amines is 1. The summed E-state index contributed by atoms with van der Waals surface area (Å²) in [6.45, 7) is 5.47. The molecule has 1 saturated heterocycles. The Kier molecular flexibility index (Phi) is 3.39. The highest BCUT2D eigenvalue weighted by atomic mass is 16.5. The molecule has 0 spiro atoms. The second-order valence-electron chi connectivity index (χ2n) is 4.50. The third-order valence-corrected chi connectivity index (χ3v) is 2.77. The number of carbonyl (C=O) groups excluding carboxylic acids is 1. The largest absolute Gasteiger partial charge is 0.363 e. The molecule has 0 aromatic carbocycles. The second kappa shape index (κ2) is 4.80. The Labute approximate surface area is 99.3 Å². The molecule has 1 unspecified atom stereocenters. The highest BCUT2D eigenvalue weighted by Gasteiger charge is 2.33. The van der Waals surface area contributed by atoms with Crippen LogP contribution in [0.2, 0.25) is 0 Å². The molecule has 0 radical (unpaired) electrons. The molecule has 3 N–H and O–H groups in total. The topological polar surface area (TPSA) is 91.9 Å². The van der Waals surface area contributed by atoms with Crippen molar-refractivity contribution in [1.29, 1.82) is 0 Å². The van der Waals surface area contributed by atoms with Crippen molar-refractivity contribution >= 4 is 5.91 Å². The second-order valence-corrected chi connectivity index (χ2v) is 4.50. The summed E-state index contributed by atoms with van der Waals surface area (Å²) < 4.78 is 5.52. The van der Waals surface area contributed by atoms with Crippen molar-refractivity contribution in [3.8, 4) is 0 Å². The molecule has 1 aliphatic heterocycles. The van der Waals surface area contributed by atoms with Crippen LogP contribution in [0.4, 0.5) is 0 Å². The lowest BCUT2D eigenvalue weighted by Crippen LogP contribution is -2.59. The third kappa shape index (κ3) is 3.01. The van der Waals surface area contributed by atoms with Crippen LogP contribution in [-0.4, -0.2) is 46.4 Å². The molecule has 1 aromatic heterocycles. The number of H-pyrrole nitrogens is 1. The number of hydrogen-bond acceptors (Lipinski definition) is 5. The SMILES string of the molecule is CC(NC(=O)COC1(C)CNC1)c1ncn[nH]1. The zero-order valence-corrected chi connectivity index (χ0v) is 9.99. The lowest BCUT2D eigenvalue weighted by molar-refractivity contribution is -0.136. The molecule has 0 saturated carbocycles. The van der Waals surface area contributed by atoms with Crippen LogP contribution < -0.4 is 10.6 Å². The predicted octanol–water partition coefficient (Wildman–Crippen LogP) is -0.640. The highest BCUT2D eigenvalue weighted by Crippen LogP contribution is 2.14. The summed E-state index contributed by atoms with van der Waals surface area (Å²) in [7, 11) is 0. The third-order valence-electron chi connectivity index (χ3n) is 2.77. The minimum absolute atomic E-state index is 0.0661. The van der Waals surface area contributed by atoms with E-state index in [2.05, 4.69) is 25.8 Å². The van der Waals surface area contributed by atoms with E-state index in [1.165, 1.54) is 6.33 Å². The number of amides is 1. The van der Waals surface area contributed by atoms with Gasteiger partial charge in [0.15, 0.2) is 0 Å². The Morgan fingerprint density at radius 2 is 2.47 bits per heavy atom. The van der Waals surface area contributed by atoms with Gasteiger partial charge in [-0.15, -0.1) is 0 Å². The van der Waals surface area contributed by atoms with E-state index in [1.54, 1.807) is 0 Å². The van der Waals surface area contributed by atoms with Crippen molar-refractivity contribution in [3.63, 3.8) is 0 Å². The summed E-state index contributed by atoms with van der Waals surface area (Å²) >= 11 is 0. The molecule has 7 nitrogen and oxygen atoms in total. The minimum Gasteiger partial charge on any atom is -0.363 e. The zero-order chi connectivity index (χ0) is 12.3. The van der Waals surface area contributed by atoms with E-state index in [0.717, 1.165) is 13.1 Å². The maximum atomic E-state index is 11.6. The quantitative estimate of drug-likeness (QED) is 0.635. The number of carbonyl (C=O) groups is 1. The first-order valence-electron chi connectivity index (χ1n) is 5.58. The maximum absolute atomic E-state index is 11.6. The Hall–Kier alpha value is -1.47. The molecule has 1 fully saturated rings. The van der Waals surface area contributed by atoms with Crippen LogP contribution in [0.15, 0.2) is 6.33 Å². The molecule has 2 heterocycles. The lowest BCUT2D eigenvalue weighted by Gasteiger charge is -2.38. The molecular formula is C10H17N5O2. The van der Waals surface area contributed by atoms with Crippen LogP contribution in [-0.2, 0) is 9.53 Å². The summed E-state index contributed by atoms with van der Waals surface area (Å²) in [6.07, 6.45) is 1.41. The fraction of sp³-hybridized carbons (Fsp3) is 0.700. The van der Waals surface area contributed by atoms with Gasteiger partial charge in [-0.1, -0.05) is 0 Å². The minimum atomic E-state index is -0.202. The average Bonchev–Trinajstić information content (AvgIpc) is 2.77. The first-order valence-corrected chi connectivity index (χ1v) is 5.58. The summed E-state index contributed by atoms with van der Waals surface area (Å²) in [5.41, 5.74) is -0.202. The maximum Gasteiger partial charge on any atom is 0.246 e. The van der Waals surface area contributed by atoms with Crippen LogP contribution in [0.3, 0.4) is 0 Å². The molecule has 1 amide bonds. The molecular weight excluding hydrogens is 222 g/mol. The molecule has 7 heteroatoms. The van der Waals surface area contributed by atoms with Crippen molar-refractivity contribution < 1.29 is 9.53 Å². The number of ether oxygens (including phenoxy) is 1.